The van der Waals surface area contributed by atoms with Gasteiger partial charge < -0.3 is 56.2 Å². The van der Waals surface area contributed by atoms with Crippen molar-refractivity contribution >= 4 is 73.1 Å². The van der Waals surface area contributed by atoms with Gasteiger partial charge in [0.25, 0.3) is 0 Å². The zero-order chi connectivity index (χ0) is 17.0. The molecule has 0 saturated heterocycles. The van der Waals surface area contributed by atoms with E-state index < -0.39 is 21.8 Å². The van der Waals surface area contributed by atoms with Gasteiger partial charge in [-0.25, -0.2) is 0 Å². The summed E-state index contributed by atoms with van der Waals surface area (Å²) in [7, 11) is -18.0. The minimum atomic E-state index is -6.00. The van der Waals surface area contributed by atoms with Gasteiger partial charge in [0, 0.05) is 0 Å². The standard InChI is InChI=1S/C4H4O.3BF4.K.H/c1-2-4-5-3-1;3*2-1(3,4)5;;/h1-4H;;;;;/q;3*-1;;. The summed E-state index contributed by atoms with van der Waals surface area (Å²) in [6.45, 7) is 0. The second-order valence-electron chi connectivity index (χ2n) is 2.28. The van der Waals surface area contributed by atoms with E-state index in [1.807, 2.05) is 12.1 Å². The Labute approximate surface area is 153 Å². The first-order valence-electron chi connectivity index (χ1n) is 4.09. The van der Waals surface area contributed by atoms with Crippen LogP contribution in [0.1, 0.15) is 0 Å². The van der Waals surface area contributed by atoms with Crippen molar-refractivity contribution in [2.45, 2.75) is 0 Å². The molecule has 124 valence electrons. The van der Waals surface area contributed by atoms with Crippen molar-refractivity contribution in [1.82, 2.24) is 0 Å². The summed E-state index contributed by atoms with van der Waals surface area (Å²) >= 11 is 0. The van der Waals surface area contributed by atoms with Gasteiger partial charge in [0.05, 0.1) is 12.5 Å². The number of hydrogen-bond donors (Lipinski definition) is 0. The fourth-order valence-electron chi connectivity index (χ4n) is 0.227. The Morgan fingerprint density at radius 1 is 0.476 bits per heavy atom. The van der Waals surface area contributed by atoms with Gasteiger partial charge in [-0.2, -0.15) is 0 Å². The van der Waals surface area contributed by atoms with Crippen LogP contribution in [0.4, 0.5) is 51.8 Å². The van der Waals surface area contributed by atoms with E-state index in [2.05, 4.69) is 4.42 Å². The largest absolute Gasteiger partial charge is 0.473 e. The Bertz CT molecular complexity index is 229. The van der Waals surface area contributed by atoms with E-state index in [0.29, 0.717) is 0 Å². The molecule has 0 atom stereocenters. The summed E-state index contributed by atoms with van der Waals surface area (Å²) in [5, 5.41) is 0. The van der Waals surface area contributed by atoms with Crippen molar-refractivity contribution in [3.05, 3.63) is 24.7 Å². The Morgan fingerprint density at radius 2 is 0.619 bits per heavy atom. The maximum Gasteiger partial charge on any atom is 0.0902 e. The summed E-state index contributed by atoms with van der Waals surface area (Å²) in [5.41, 5.74) is 0. The molecule has 1 aromatic heterocycles. The fraction of sp³-hybridized carbons (Fsp3) is 0. The quantitative estimate of drug-likeness (QED) is 0.484. The Kier molecular flexibility index (Phi) is 19.4. The number of hydrogen-bond acceptors (Lipinski definition) is 1. The third kappa shape index (κ3) is 244. The molecule has 1 heterocycles. The smallest absolute Gasteiger partial charge is 0.0902 e. The van der Waals surface area contributed by atoms with Gasteiger partial charge in [-0.05, 0) is 12.1 Å². The van der Waals surface area contributed by atoms with Crippen LogP contribution in [0, 0.1) is 0 Å². The molecule has 0 aliphatic rings. The summed E-state index contributed by atoms with van der Waals surface area (Å²) in [4.78, 5) is 0. The van der Waals surface area contributed by atoms with Crippen LogP contribution in [0.25, 0.3) is 0 Å². The SMILES string of the molecule is F[B-](F)(F)F.F[B-](F)(F)F.F[B-](F)(F)F.[KH].c1ccoc1. The van der Waals surface area contributed by atoms with E-state index in [-0.39, 0.29) is 51.4 Å². The first-order valence-corrected chi connectivity index (χ1v) is 4.09. The van der Waals surface area contributed by atoms with Crippen LogP contribution in [-0.2, 0) is 0 Å². The number of halogens is 12. The van der Waals surface area contributed by atoms with Crippen molar-refractivity contribution in [2.24, 2.45) is 0 Å². The van der Waals surface area contributed by atoms with Gasteiger partial charge >= 0.3 is 73.1 Å². The average molecular weight is 369 g/mol. The minimum absolute atomic E-state index is 0. The molecule has 0 unspecified atom stereocenters. The Hall–Kier alpha value is 0.271. The predicted octanol–water partition coefficient (Wildman–Crippen LogP) is 4.53. The van der Waals surface area contributed by atoms with Gasteiger partial charge in [-0.3, -0.25) is 0 Å². The van der Waals surface area contributed by atoms with E-state index in [1.165, 1.54) is 0 Å². The van der Waals surface area contributed by atoms with Crippen LogP contribution < -0.4 is 0 Å². The first-order chi connectivity index (χ1) is 8.50. The molecule has 0 fully saturated rings. The molecule has 0 aromatic carbocycles. The fourth-order valence-corrected chi connectivity index (χ4v) is 0.227. The molecule has 1 nitrogen and oxygen atoms in total. The van der Waals surface area contributed by atoms with E-state index in [0.717, 1.165) is 0 Å². The zero-order valence-corrected chi connectivity index (χ0v) is 8.99. The Balaban J connectivity index is -0.0000000903. The molecule has 1 aromatic rings. The van der Waals surface area contributed by atoms with E-state index in [4.69, 9.17) is 0 Å². The molecule has 21 heavy (non-hydrogen) atoms. The molecule has 0 aliphatic heterocycles. The zero-order valence-electron chi connectivity index (χ0n) is 8.99. The molecular weight excluding hydrogens is 364 g/mol. The number of furan rings is 1. The summed E-state index contributed by atoms with van der Waals surface area (Å²) in [6, 6.07) is 3.67. The van der Waals surface area contributed by atoms with Gasteiger partial charge in [-0.1, -0.05) is 0 Å². The predicted molar refractivity (Wildman–Crippen MR) is 56.4 cm³/mol. The molecule has 0 aliphatic carbocycles. The molecule has 0 spiro atoms. The maximum atomic E-state index is 9.75. The molecule has 0 amide bonds. The van der Waals surface area contributed by atoms with Crippen molar-refractivity contribution in [1.29, 1.82) is 0 Å². The second kappa shape index (κ2) is 13.9. The van der Waals surface area contributed by atoms with E-state index in [1.54, 1.807) is 12.5 Å². The molecule has 17 heteroatoms. The molecular formula is C4H5B3F12KO-3. The van der Waals surface area contributed by atoms with E-state index in [9.17, 15) is 51.8 Å². The molecule has 1 rings (SSSR count). The van der Waals surface area contributed by atoms with Gasteiger partial charge in [0.15, 0.2) is 0 Å². The summed E-state index contributed by atoms with van der Waals surface area (Å²) in [6.07, 6.45) is 3.25. The van der Waals surface area contributed by atoms with Crippen molar-refractivity contribution in [2.75, 3.05) is 0 Å². The van der Waals surface area contributed by atoms with Gasteiger partial charge in [0.1, 0.15) is 0 Å². The molecule has 0 bridgehead atoms. The molecule has 0 radical (unpaired) electrons. The van der Waals surface area contributed by atoms with Crippen LogP contribution in [0.2, 0.25) is 0 Å². The minimum Gasteiger partial charge on any atom is -0.473 e. The summed E-state index contributed by atoms with van der Waals surface area (Å²) in [5.74, 6) is 0. The normalized spacial score (nSPS) is 10.5. The van der Waals surface area contributed by atoms with Crippen molar-refractivity contribution < 1.29 is 56.2 Å². The number of rotatable bonds is 0. The molecule has 0 N–H and O–H groups in total. The summed E-state index contributed by atoms with van der Waals surface area (Å²) < 4.78 is 122. The third-order valence-corrected chi connectivity index (χ3v) is 0.425. The van der Waals surface area contributed by atoms with Gasteiger partial charge in [0.2, 0.25) is 0 Å². The van der Waals surface area contributed by atoms with Crippen LogP contribution in [0.15, 0.2) is 29.1 Å². The van der Waals surface area contributed by atoms with Crippen LogP contribution >= 0.6 is 0 Å². The van der Waals surface area contributed by atoms with Gasteiger partial charge in [-0.15, -0.1) is 0 Å². The topological polar surface area (TPSA) is 13.1 Å². The molecule has 0 saturated carbocycles. The van der Waals surface area contributed by atoms with Crippen molar-refractivity contribution in [3.63, 3.8) is 0 Å². The monoisotopic (exact) mass is 369 g/mol. The van der Waals surface area contributed by atoms with Crippen LogP contribution in [0.3, 0.4) is 0 Å². The Morgan fingerprint density at radius 3 is 0.667 bits per heavy atom. The van der Waals surface area contributed by atoms with Crippen LogP contribution in [0.5, 0.6) is 0 Å². The third-order valence-electron chi connectivity index (χ3n) is 0.425. The first kappa shape index (κ1) is 29.3. The maximum absolute atomic E-state index is 9.75. The second-order valence-corrected chi connectivity index (χ2v) is 2.28. The van der Waals surface area contributed by atoms with E-state index >= 15 is 0 Å². The average Bonchev–Trinajstić information content (AvgIpc) is 2.45. The van der Waals surface area contributed by atoms with Crippen LogP contribution in [-0.4, -0.2) is 73.1 Å². The van der Waals surface area contributed by atoms with Crippen molar-refractivity contribution in [3.8, 4) is 0 Å².